The third-order valence-electron chi connectivity index (χ3n) is 3.93. The molecule has 118 valence electrons. The zero-order valence-corrected chi connectivity index (χ0v) is 13.7. The van der Waals surface area contributed by atoms with Gasteiger partial charge in [0.15, 0.2) is 5.78 Å². The summed E-state index contributed by atoms with van der Waals surface area (Å²) in [5, 5.41) is 0. The molecule has 2 rings (SSSR count). The molecule has 0 aromatic rings. The van der Waals surface area contributed by atoms with Crippen molar-refractivity contribution in [2.24, 2.45) is 11.8 Å². The third-order valence-corrected chi connectivity index (χ3v) is 3.93. The van der Waals surface area contributed by atoms with Crippen LogP contribution in [0.5, 0.6) is 0 Å². The monoisotopic (exact) mass is 294 g/mol. The third kappa shape index (κ3) is 3.99. The van der Waals surface area contributed by atoms with Gasteiger partial charge in [-0.1, -0.05) is 0 Å². The summed E-state index contributed by atoms with van der Waals surface area (Å²) >= 11 is 0. The van der Waals surface area contributed by atoms with Crippen molar-refractivity contribution in [2.45, 2.75) is 39.2 Å². The Labute approximate surface area is 126 Å². The van der Waals surface area contributed by atoms with Crippen molar-refractivity contribution in [2.75, 3.05) is 27.2 Å². The van der Waals surface area contributed by atoms with E-state index in [2.05, 4.69) is 0 Å². The molecule has 1 saturated heterocycles. The van der Waals surface area contributed by atoms with E-state index in [1.165, 1.54) is 0 Å². The fourth-order valence-corrected chi connectivity index (χ4v) is 3.08. The molecule has 1 aliphatic carbocycles. The smallest absolute Gasteiger partial charge is 0.410 e. The van der Waals surface area contributed by atoms with Crippen molar-refractivity contribution in [1.82, 2.24) is 9.80 Å². The Hall–Kier alpha value is -1.52. The number of ketones is 1. The van der Waals surface area contributed by atoms with Gasteiger partial charge in [0.1, 0.15) is 5.60 Å². The second-order valence-corrected chi connectivity index (χ2v) is 7.35. The van der Waals surface area contributed by atoms with Crippen LogP contribution in [0.1, 0.15) is 33.6 Å². The Kier molecular flexibility index (Phi) is 4.30. The van der Waals surface area contributed by atoms with Crippen LogP contribution in [0.2, 0.25) is 0 Å². The number of nitrogens with zero attached hydrogens (tertiary/aromatic N) is 2. The minimum absolute atomic E-state index is 0.219. The fraction of sp³-hybridized carbons (Fsp3) is 0.750. The Bertz CT molecular complexity index is 463. The lowest BCUT2D eigenvalue weighted by atomic mass is 9.78. The molecule has 5 nitrogen and oxygen atoms in total. The number of amides is 1. The van der Waals surface area contributed by atoms with E-state index in [0.29, 0.717) is 25.4 Å². The Morgan fingerprint density at radius 3 is 2.33 bits per heavy atom. The molecule has 2 fully saturated rings. The summed E-state index contributed by atoms with van der Waals surface area (Å²) < 4.78 is 5.43. The molecular weight excluding hydrogens is 268 g/mol. The van der Waals surface area contributed by atoms with Crippen molar-refractivity contribution in [3.05, 3.63) is 11.8 Å². The predicted molar refractivity (Wildman–Crippen MR) is 80.8 cm³/mol. The van der Waals surface area contributed by atoms with Gasteiger partial charge in [-0.2, -0.15) is 0 Å². The minimum atomic E-state index is -0.476. The summed E-state index contributed by atoms with van der Waals surface area (Å²) in [6, 6.07) is 0. The summed E-state index contributed by atoms with van der Waals surface area (Å²) in [4.78, 5) is 28.0. The van der Waals surface area contributed by atoms with Gasteiger partial charge in [-0.25, -0.2) is 4.79 Å². The van der Waals surface area contributed by atoms with Gasteiger partial charge in [0, 0.05) is 45.4 Å². The van der Waals surface area contributed by atoms with Crippen LogP contribution in [0, 0.1) is 11.8 Å². The topological polar surface area (TPSA) is 49.9 Å². The predicted octanol–water partition coefficient (Wildman–Crippen LogP) is 2.28. The highest BCUT2D eigenvalue weighted by Gasteiger charge is 2.41. The van der Waals surface area contributed by atoms with Crippen molar-refractivity contribution in [1.29, 1.82) is 0 Å². The van der Waals surface area contributed by atoms with E-state index >= 15 is 0 Å². The zero-order chi connectivity index (χ0) is 15.8. The van der Waals surface area contributed by atoms with E-state index in [-0.39, 0.29) is 17.8 Å². The Morgan fingerprint density at radius 1 is 1.24 bits per heavy atom. The molecule has 0 aromatic carbocycles. The second-order valence-electron chi connectivity index (χ2n) is 7.35. The number of Topliss-reactive ketones (excluding diaryl/α,β-unsaturated/α-hetero) is 1. The summed E-state index contributed by atoms with van der Waals surface area (Å²) in [5.74, 6) is 0.877. The van der Waals surface area contributed by atoms with E-state index in [4.69, 9.17) is 4.74 Å². The molecule has 0 spiro atoms. The zero-order valence-electron chi connectivity index (χ0n) is 13.7. The Balaban J connectivity index is 2.01. The van der Waals surface area contributed by atoms with Gasteiger partial charge < -0.3 is 14.5 Å². The first-order valence-electron chi connectivity index (χ1n) is 7.54. The largest absolute Gasteiger partial charge is 0.444 e. The highest BCUT2D eigenvalue weighted by molar-refractivity contribution is 5.96. The van der Waals surface area contributed by atoms with Crippen molar-refractivity contribution in [3.63, 3.8) is 0 Å². The number of allylic oxidation sites excluding steroid dienone is 1. The molecule has 1 heterocycles. The quantitative estimate of drug-likeness (QED) is 0.696. The SMILES string of the molecule is CN(C)/C=C1\CC2CN(C(=O)OC(C)(C)C)CC2CC1=O. The van der Waals surface area contributed by atoms with Crippen molar-refractivity contribution >= 4 is 11.9 Å². The first-order chi connectivity index (χ1) is 9.65. The van der Waals surface area contributed by atoms with Crippen molar-refractivity contribution < 1.29 is 14.3 Å². The van der Waals surface area contributed by atoms with Crippen LogP contribution in [0.4, 0.5) is 4.79 Å². The number of rotatable bonds is 1. The maximum atomic E-state index is 12.1. The second kappa shape index (κ2) is 5.70. The molecule has 5 heteroatoms. The van der Waals surface area contributed by atoms with Crippen LogP contribution < -0.4 is 0 Å². The maximum Gasteiger partial charge on any atom is 0.410 e. The molecule has 0 aromatic heterocycles. The van der Waals surface area contributed by atoms with E-state index in [9.17, 15) is 9.59 Å². The van der Waals surface area contributed by atoms with Crippen LogP contribution in [0.3, 0.4) is 0 Å². The van der Waals surface area contributed by atoms with Crippen molar-refractivity contribution in [3.8, 4) is 0 Å². The van der Waals surface area contributed by atoms with Crippen LogP contribution in [-0.2, 0) is 9.53 Å². The van der Waals surface area contributed by atoms with E-state index < -0.39 is 5.60 Å². The summed E-state index contributed by atoms with van der Waals surface area (Å²) in [6.07, 6.45) is 2.96. The van der Waals surface area contributed by atoms with Crippen LogP contribution in [0.15, 0.2) is 11.8 Å². The van der Waals surface area contributed by atoms with Gasteiger partial charge in [0.2, 0.25) is 0 Å². The van der Waals surface area contributed by atoms with Gasteiger partial charge in [-0.3, -0.25) is 4.79 Å². The van der Waals surface area contributed by atoms with Gasteiger partial charge in [0.05, 0.1) is 0 Å². The average Bonchev–Trinajstić information content (AvgIpc) is 2.69. The number of ether oxygens (including phenoxy) is 1. The van der Waals surface area contributed by atoms with Gasteiger partial charge >= 0.3 is 6.09 Å². The lowest BCUT2D eigenvalue weighted by Gasteiger charge is -2.25. The van der Waals surface area contributed by atoms with E-state index in [1.54, 1.807) is 4.90 Å². The molecule has 2 atom stereocenters. The maximum absolute atomic E-state index is 12.1. The molecule has 0 N–H and O–H groups in total. The van der Waals surface area contributed by atoms with Crippen LogP contribution in [0.25, 0.3) is 0 Å². The molecule has 1 amide bonds. The molecule has 21 heavy (non-hydrogen) atoms. The molecule has 2 aliphatic rings. The first kappa shape index (κ1) is 15.9. The molecule has 2 unspecified atom stereocenters. The fourth-order valence-electron chi connectivity index (χ4n) is 3.08. The number of likely N-dealkylation sites (tertiary alicyclic amines) is 1. The van der Waals surface area contributed by atoms with Gasteiger partial charge in [0.25, 0.3) is 0 Å². The molecular formula is C16H26N2O3. The van der Waals surface area contributed by atoms with Crippen LogP contribution >= 0.6 is 0 Å². The van der Waals surface area contributed by atoms with Crippen LogP contribution in [-0.4, -0.2) is 54.5 Å². The number of carbonyl (C=O) groups excluding carboxylic acids is 2. The average molecular weight is 294 g/mol. The normalized spacial score (nSPS) is 27.8. The molecule has 1 saturated carbocycles. The number of hydrogen-bond acceptors (Lipinski definition) is 4. The number of fused-ring (bicyclic) bond motifs is 1. The summed E-state index contributed by atoms with van der Waals surface area (Å²) in [7, 11) is 3.85. The molecule has 1 aliphatic heterocycles. The Morgan fingerprint density at radius 2 is 1.81 bits per heavy atom. The molecule has 0 bridgehead atoms. The van der Waals surface area contributed by atoms with Gasteiger partial charge in [-0.15, -0.1) is 0 Å². The van der Waals surface area contributed by atoms with Gasteiger partial charge in [-0.05, 0) is 39.0 Å². The summed E-state index contributed by atoms with van der Waals surface area (Å²) in [6.45, 7) is 6.94. The highest BCUT2D eigenvalue weighted by Crippen LogP contribution is 2.37. The number of carbonyl (C=O) groups is 2. The standard InChI is InChI=1S/C16H26N2O3/c1-16(2,3)21-15(20)18-9-11-6-13(8-17(4)5)14(19)7-12(11)10-18/h8,11-12H,6-7,9-10H2,1-5H3/b13-8+. The lowest BCUT2D eigenvalue weighted by Crippen LogP contribution is -2.35. The first-order valence-corrected chi connectivity index (χ1v) is 7.54. The lowest BCUT2D eigenvalue weighted by molar-refractivity contribution is -0.118. The summed E-state index contributed by atoms with van der Waals surface area (Å²) in [5.41, 5.74) is 0.406. The van der Waals surface area contributed by atoms with E-state index in [1.807, 2.05) is 46.0 Å². The highest BCUT2D eigenvalue weighted by atomic mass is 16.6. The minimum Gasteiger partial charge on any atom is -0.444 e. The number of hydrogen-bond donors (Lipinski definition) is 0. The van der Waals surface area contributed by atoms with E-state index in [0.717, 1.165) is 12.0 Å². The molecule has 0 radical (unpaired) electrons.